The van der Waals surface area contributed by atoms with Gasteiger partial charge in [0.25, 0.3) is 5.69 Å². The van der Waals surface area contributed by atoms with Gasteiger partial charge in [-0.3, -0.25) is 19.7 Å². The van der Waals surface area contributed by atoms with E-state index in [1.165, 1.54) is 12.1 Å². The second-order valence-electron chi connectivity index (χ2n) is 5.13. The highest BCUT2D eigenvalue weighted by Gasteiger charge is 2.45. The number of rotatable bonds is 3. The molecule has 0 aliphatic heterocycles. The minimum Gasteiger partial charge on any atom is -0.481 e. The Morgan fingerprint density at radius 3 is 2.45 bits per heavy atom. The summed E-state index contributed by atoms with van der Waals surface area (Å²) >= 11 is 0. The summed E-state index contributed by atoms with van der Waals surface area (Å²) in [4.78, 5) is 33.6. The lowest BCUT2D eigenvalue weighted by Crippen LogP contribution is -2.40. The molecule has 0 heterocycles. The van der Waals surface area contributed by atoms with E-state index in [9.17, 15) is 24.8 Å². The summed E-state index contributed by atoms with van der Waals surface area (Å²) in [6.07, 6.45) is 0.801. The Kier molecular flexibility index (Phi) is 3.57. The van der Waals surface area contributed by atoms with Gasteiger partial charge >= 0.3 is 5.97 Å². The van der Waals surface area contributed by atoms with Crippen molar-refractivity contribution in [1.82, 2.24) is 0 Å². The van der Waals surface area contributed by atoms with Crippen LogP contribution in [0.2, 0.25) is 0 Å². The Balaban J connectivity index is 2.56. The first kappa shape index (κ1) is 14.2. The van der Waals surface area contributed by atoms with Gasteiger partial charge < -0.3 is 5.11 Å². The van der Waals surface area contributed by atoms with Crippen LogP contribution < -0.4 is 0 Å². The number of aliphatic carboxylic acids is 1. The number of carbonyl (C=O) groups is 2. The molecule has 0 radical (unpaired) electrons. The van der Waals surface area contributed by atoms with E-state index in [1.807, 2.05) is 0 Å². The van der Waals surface area contributed by atoms with Crippen molar-refractivity contribution in [3.8, 4) is 0 Å². The van der Waals surface area contributed by atoms with Crippen molar-refractivity contribution in [2.75, 3.05) is 0 Å². The van der Waals surface area contributed by atoms with Gasteiger partial charge in [-0.15, -0.1) is 0 Å². The summed E-state index contributed by atoms with van der Waals surface area (Å²) in [6.45, 7) is 1.56. The summed E-state index contributed by atoms with van der Waals surface area (Å²) in [7, 11) is 0. The first-order valence-corrected chi connectivity index (χ1v) is 6.38. The third kappa shape index (κ3) is 2.17. The van der Waals surface area contributed by atoms with E-state index in [0.29, 0.717) is 11.1 Å². The fourth-order valence-electron chi connectivity index (χ4n) is 2.89. The second kappa shape index (κ2) is 5.03. The monoisotopic (exact) mass is 277 g/mol. The molecular formula is C14H15NO5. The van der Waals surface area contributed by atoms with E-state index in [4.69, 9.17) is 0 Å². The predicted octanol–water partition coefficient (Wildman–Crippen LogP) is 2.37. The number of carboxylic acid groups (broad SMARTS) is 1. The van der Waals surface area contributed by atoms with Gasteiger partial charge in [-0.05, 0) is 25.3 Å². The molecule has 6 heteroatoms. The Morgan fingerprint density at radius 1 is 1.35 bits per heavy atom. The number of hydrogen-bond acceptors (Lipinski definition) is 4. The molecule has 2 rings (SSSR count). The minimum absolute atomic E-state index is 0.0463. The zero-order chi connectivity index (χ0) is 14.9. The first-order valence-electron chi connectivity index (χ1n) is 6.38. The number of hydrogen-bond donors (Lipinski definition) is 1. The number of benzene rings is 1. The summed E-state index contributed by atoms with van der Waals surface area (Å²) < 4.78 is 0. The number of nitrogens with zero attached hydrogens (tertiary/aromatic N) is 1. The summed E-state index contributed by atoms with van der Waals surface area (Å²) in [5, 5.41) is 20.6. The Labute approximate surface area is 115 Å². The van der Waals surface area contributed by atoms with Crippen LogP contribution in [0.5, 0.6) is 0 Å². The molecule has 0 spiro atoms. The Bertz CT molecular complexity index is 583. The number of Topliss-reactive ketones (excluding diaryl/α,β-unsaturated/α-hetero) is 1. The van der Waals surface area contributed by atoms with Crippen LogP contribution in [0.4, 0.5) is 5.69 Å². The van der Waals surface area contributed by atoms with E-state index >= 15 is 0 Å². The lowest BCUT2D eigenvalue weighted by molar-refractivity contribution is -0.385. The molecule has 1 fully saturated rings. The van der Waals surface area contributed by atoms with E-state index in [0.717, 1.165) is 0 Å². The fourth-order valence-corrected chi connectivity index (χ4v) is 2.89. The lowest BCUT2D eigenvalue weighted by atomic mass is 9.68. The molecule has 0 amide bonds. The highest BCUT2D eigenvalue weighted by atomic mass is 16.6. The molecule has 0 atom stereocenters. The van der Waals surface area contributed by atoms with Crippen LogP contribution in [-0.4, -0.2) is 21.8 Å². The van der Waals surface area contributed by atoms with Crippen LogP contribution >= 0.6 is 0 Å². The molecule has 0 saturated heterocycles. The van der Waals surface area contributed by atoms with E-state index < -0.39 is 16.3 Å². The molecule has 6 nitrogen and oxygen atoms in total. The quantitative estimate of drug-likeness (QED) is 0.675. The van der Waals surface area contributed by atoms with Crippen molar-refractivity contribution >= 4 is 17.4 Å². The molecule has 0 aromatic heterocycles. The topological polar surface area (TPSA) is 97.5 Å². The van der Waals surface area contributed by atoms with E-state index in [-0.39, 0.29) is 37.2 Å². The zero-order valence-electron chi connectivity index (χ0n) is 11.1. The van der Waals surface area contributed by atoms with Crippen molar-refractivity contribution in [3.63, 3.8) is 0 Å². The van der Waals surface area contributed by atoms with Gasteiger partial charge in [0, 0.05) is 24.5 Å². The number of carboxylic acids is 1. The molecular weight excluding hydrogens is 262 g/mol. The number of nitro benzene ring substituents is 1. The van der Waals surface area contributed by atoms with Gasteiger partial charge in [-0.1, -0.05) is 12.1 Å². The molecule has 1 aliphatic carbocycles. The van der Waals surface area contributed by atoms with Crippen LogP contribution in [-0.2, 0) is 15.0 Å². The standard InChI is InChI=1S/C14H15NO5/c1-9-11(3-2-4-12(9)15(19)20)14(13(17)18)7-5-10(16)6-8-14/h2-4H,5-8H2,1H3,(H,17,18). The van der Waals surface area contributed by atoms with Gasteiger partial charge in [0.2, 0.25) is 0 Å². The van der Waals surface area contributed by atoms with Crippen LogP contribution in [0.25, 0.3) is 0 Å². The molecule has 20 heavy (non-hydrogen) atoms. The maximum absolute atomic E-state index is 11.7. The van der Waals surface area contributed by atoms with Crippen LogP contribution in [0.15, 0.2) is 18.2 Å². The molecule has 0 bridgehead atoms. The smallest absolute Gasteiger partial charge is 0.314 e. The SMILES string of the molecule is Cc1c([N+](=O)[O-])cccc1C1(C(=O)O)CCC(=O)CC1. The van der Waals surface area contributed by atoms with Crippen molar-refractivity contribution in [1.29, 1.82) is 0 Å². The number of nitro groups is 1. The summed E-state index contributed by atoms with van der Waals surface area (Å²) in [5.41, 5.74) is -0.453. The molecule has 1 saturated carbocycles. The van der Waals surface area contributed by atoms with E-state index in [1.54, 1.807) is 13.0 Å². The zero-order valence-corrected chi connectivity index (χ0v) is 11.1. The lowest BCUT2D eigenvalue weighted by Gasteiger charge is -2.34. The van der Waals surface area contributed by atoms with Gasteiger partial charge in [0.15, 0.2) is 0 Å². The fraction of sp³-hybridized carbons (Fsp3) is 0.429. The molecule has 1 aromatic carbocycles. The number of carbonyl (C=O) groups excluding carboxylic acids is 1. The molecule has 106 valence electrons. The Morgan fingerprint density at radius 2 is 1.95 bits per heavy atom. The van der Waals surface area contributed by atoms with Crippen molar-refractivity contribution in [2.45, 2.75) is 38.0 Å². The van der Waals surface area contributed by atoms with Crippen molar-refractivity contribution < 1.29 is 19.6 Å². The normalized spacial score (nSPS) is 17.8. The molecule has 1 aromatic rings. The maximum Gasteiger partial charge on any atom is 0.314 e. The highest BCUT2D eigenvalue weighted by molar-refractivity contribution is 5.88. The van der Waals surface area contributed by atoms with Gasteiger partial charge in [0.05, 0.1) is 10.3 Å². The van der Waals surface area contributed by atoms with Crippen LogP contribution in [0.1, 0.15) is 36.8 Å². The predicted molar refractivity (Wildman–Crippen MR) is 70.6 cm³/mol. The molecule has 1 N–H and O–H groups in total. The highest BCUT2D eigenvalue weighted by Crippen LogP contribution is 2.41. The third-order valence-corrected chi connectivity index (χ3v) is 4.09. The van der Waals surface area contributed by atoms with Gasteiger partial charge in [-0.25, -0.2) is 0 Å². The van der Waals surface area contributed by atoms with Crippen LogP contribution in [0.3, 0.4) is 0 Å². The Hall–Kier alpha value is -2.24. The second-order valence-corrected chi connectivity index (χ2v) is 5.13. The van der Waals surface area contributed by atoms with Crippen LogP contribution in [0, 0.1) is 17.0 Å². The largest absolute Gasteiger partial charge is 0.481 e. The molecule has 0 unspecified atom stereocenters. The van der Waals surface area contributed by atoms with Gasteiger partial charge in [-0.2, -0.15) is 0 Å². The van der Waals surface area contributed by atoms with Gasteiger partial charge in [0.1, 0.15) is 5.78 Å². The van der Waals surface area contributed by atoms with Crippen molar-refractivity contribution in [3.05, 3.63) is 39.4 Å². The summed E-state index contributed by atoms with van der Waals surface area (Å²) in [5.74, 6) is -0.974. The minimum atomic E-state index is -1.19. The number of ketones is 1. The van der Waals surface area contributed by atoms with Crippen molar-refractivity contribution in [2.24, 2.45) is 0 Å². The molecule has 1 aliphatic rings. The first-order chi connectivity index (χ1) is 9.38. The average Bonchev–Trinajstić information content (AvgIpc) is 2.40. The third-order valence-electron chi connectivity index (χ3n) is 4.09. The van der Waals surface area contributed by atoms with E-state index in [2.05, 4.69) is 0 Å². The maximum atomic E-state index is 11.7. The summed E-state index contributed by atoms with van der Waals surface area (Å²) in [6, 6.07) is 4.48. The average molecular weight is 277 g/mol.